The van der Waals surface area contributed by atoms with E-state index in [-0.39, 0.29) is 60.4 Å². The normalized spacial score (nSPS) is 13.4. The second-order valence-electron chi connectivity index (χ2n) is 14.1. The summed E-state index contributed by atoms with van der Waals surface area (Å²) in [4.78, 5) is 0. The molecule has 2 rings (SSSR count). The van der Waals surface area contributed by atoms with Gasteiger partial charge in [0.05, 0.1) is 0 Å². The molecule has 2 aromatic carbocycles. The molecule has 0 radical (unpaired) electrons. The van der Waals surface area contributed by atoms with Gasteiger partial charge in [-0.2, -0.15) is 0 Å². The molecule has 0 saturated heterocycles. The molecule has 0 aromatic heterocycles. The molecule has 0 aliphatic carbocycles. The Kier molecular flexibility index (Phi) is 12.1. The van der Waals surface area contributed by atoms with E-state index in [1.807, 2.05) is 83.1 Å². The average Bonchev–Trinajstić information content (AvgIpc) is 2.63. The Hall–Kier alpha value is -0.629. The summed E-state index contributed by atoms with van der Waals surface area (Å²) in [5, 5.41) is 25.1. The van der Waals surface area contributed by atoms with E-state index in [0.717, 1.165) is 11.1 Å². The van der Waals surface area contributed by atoms with E-state index in [9.17, 15) is 10.2 Å². The fourth-order valence-electron chi connectivity index (χ4n) is 3.92. The third kappa shape index (κ3) is 10.3. The molecule has 0 aliphatic heterocycles. The molecular weight excluding hydrogens is 614 g/mol. The maximum Gasteiger partial charge on any atom is 2.00 e. The number of rotatable bonds is 6. The molecular formula is C30H52BaN6O2. The van der Waals surface area contributed by atoms with Crippen LogP contribution >= 0.6 is 0 Å². The van der Waals surface area contributed by atoms with Crippen LogP contribution in [0.4, 0.5) is 0 Å². The molecule has 0 amide bonds. The Labute approximate surface area is 276 Å². The summed E-state index contributed by atoms with van der Waals surface area (Å²) in [6.45, 7) is 22.1. The van der Waals surface area contributed by atoms with Crippen molar-refractivity contribution in [2.75, 3.05) is 0 Å². The zero-order valence-electron chi connectivity index (χ0n) is 26.3. The Balaban J connectivity index is 0.000000722. The van der Waals surface area contributed by atoms with Gasteiger partial charge in [-0.1, -0.05) is 35.8 Å². The molecule has 8 nitrogen and oxygen atoms in total. The second kappa shape index (κ2) is 12.3. The number of hydrogen-bond acceptors (Lipinski definition) is 8. The van der Waals surface area contributed by atoms with Gasteiger partial charge in [-0.05, 0) is 116 Å². The predicted molar refractivity (Wildman–Crippen MR) is 161 cm³/mol. The van der Waals surface area contributed by atoms with Gasteiger partial charge in [-0.15, -0.1) is 0 Å². The van der Waals surface area contributed by atoms with Crippen molar-refractivity contribution in [1.29, 1.82) is 0 Å². The van der Waals surface area contributed by atoms with Gasteiger partial charge in [0.25, 0.3) is 0 Å². The summed E-state index contributed by atoms with van der Waals surface area (Å²) in [5.74, 6) is -0.180. The Bertz CT molecular complexity index is 975. The Morgan fingerprint density at radius 2 is 0.538 bits per heavy atom. The van der Waals surface area contributed by atoms with Gasteiger partial charge in [0.2, 0.25) is 0 Å². The molecule has 0 bridgehead atoms. The summed E-state index contributed by atoms with van der Waals surface area (Å²) in [6, 6.07) is 7.21. The topological polar surface area (TPSA) is 202 Å². The third-order valence-corrected chi connectivity index (χ3v) is 6.44. The standard InChI is InChI=1S/2C15H27N3O.Ba/c2*1-13(2,16)9-7-10(14(3,4)17)12(19)11(8-9)15(5,6)18;/h2*7-8,19H,16-18H2,1-6H3;/q;;+2/p-2. The molecule has 0 spiro atoms. The summed E-state index contributed by atoms with van der Waals surface area (Å²) < 4.78 is 0. The van der Waals surface area contributed by atoms with Crippen LogP contribution < -0.4 is 44.6 Å². The van der Waals surface area contributed by atoms with Crippen LogP contribution in [0.3, 0.4) is 0 Å². The van der Waals surface area contributed by atoms with E-state index in [0.29, 0.717) is 22.3 Å². The van der Waals surface area contributed by atoms with Crippen LogP contribution in [0.2, 0.25) is 0 Å². The minimum Gasteiger partial charge on any atom is -0.872 e. The molecule has 12 N–H and O–H groups in total. The van der Waals surface area contributed by atoms with Crippen molar-refractivity contribution in [3.05, 3.63) is 57.6 Å². The molecule has 0 heterocycles. The van der Waals surface area contributed by atoms with E-state index in [1.54, 1.807) is 24.3 Å². The zero-order valence-corrected chi connectivity index (χ0v) is 30.7. The summed E-state index contributed by atoms with van der Waals surface area (Å²) in [6.07, 6.45) is 0. The van der Waals surface area contributed by atoms with E-state index < -0.39 is 33.2 Å². The minimum absolute atomic E-state index is 0. The van der Waals surface area contributed by atoms with E-state index in [1.165, 1.54) is 0 Å². The summed E-state index contributed by atoms with van der Waals surface area (Å²) in [5.41, 5.74) is 36.7. The van der Waals surface area contributed by atoms with Crippen LogP contribution in [0.5, 0.6) is 11.5 Å². The fourth-order valence-corrected chi connectivity index (χ4v) is 3.92. The van der Waals surface area contributed by atoms with Crippen molar-refractivity contribution >= 4 is 48.9 Å². The Morgan fingerprint density at radius 3 is 0.641 bits per heavy atom. The quantitative estimate of drug-likeness (QED) is 0.252. The van der Waals surface area contributed by atoms with Crippen LogP contribution in [0.25, 0.3) is 0 Å². The smallest absolute Gasteiger partial charge is 0.872 e. The molecule has 216 valence electrons. The first-order chi connectivity index (χ1) is 16.5. The summed E-state index contributed by atoms with van der Waals surface area (Å²) in [7, 11) is 0. The van der Waals surface area contributed by atoms with Gasteiger partial charge in [-0.25, -0.2) is 0 Å². The summed E-state index contributed by atoms with van der Waals surface area (Å²) >= 11 is 0. The van der Waals surface area contributed by atoms with Gasteiger partial charge in [0.15, 0.2) is 0 Å². The molecule has 39 heavy (non-hydrogen) atoms. The van der Waals surface area contributed by atoms with Gasteiger partial charge in [0.1, 0.15) is 0 Å². The minimum atomic E-state index is -0.724. The van der Waals surface area contributed by atoms with Crippen molar-refractivity contribution in [2.24, 2.45) is 34.4 Å². The Morgan fingerprint density at radius 1 is 0.385 bits per heavy atom. The van der Waals surface area contributed by atoms with Crippen LogP contribution in [0.15, 0.2) is 24.3 Å². The first-order valence-electron chi connectivity index (χ1n) is 12.9. The van der Waals surface area contributed by atoms with E-state index in [4.69, 9.17) is 34.4 Å². The van der Waals surface area contributed by atoms with Gasteiger partial charge >= 0.3 is 48.9 Å². The predicted octanol–water partition coefficient (Wildman–Crippen LogP) is 2.30. The second-order valence-corrected chi connectivity index (χ2v) is 14.1. The third-order valence-electron chi connectivity index (χ3n) is 6.44. The van der Waals surface area contributed by atoms with Crippen molar-refractivity contribution in [1.82, 2.24) is 0 Å². The zero-order chi connectivity index (χ0) is 30.4. The largest absolute Gasteiger partial charge is 2.00 e. The van der Waals surface area contributed by atoms with Crippen LogP contribution in [0, 0.1) is 0 Å². The van der Waals surface area contributed by atoms with Crippen molar-refractivity contribution < 1.29 is 10.2 Å². The van der Waals surface area contributed by atoms with Crippen LogP contribution in [-0.2, 0) is 33.2 Å². The average molecular weight is 666 g/mol. The van der Waals surface area contributed by atoms with E-state index in [2.05, 4.69) is 0 Å². The SMILES string of the molecule is CC(C)(N)c1cc(C(C)(C)N)c([O-])c(C(C)(C)N)c1.CC(C)(N)c1cc(C(C)(C)N)c([O-])c(C(C)(C)N)c1.[Ba+2]. The molecule has 0 aliphatic rings. The number of nitrogens with two attached hydrogens (primary N) is 6. The van der Waals surface area contributed by atoms with Gasteiger partial charge in [0, 0.05) is 33.2 Å². The molecule has 9 heteroatoms. The van der Waals surface area contributed by atoms with Crippen molar-refractivity contribution in [3.8, 4) is 11.5 Å². The molecule has 0 atom stereocenters. The van der Waals surface area contributed by atoms with Crippen LogP contribution in [0.1, 0.15) is 116 Å². The van der Waals surface area contributed by atoms with E-state index >= 15 is 0 Å². The first-order valence-corrected chi connectivity index (χ1v) is 12.9. The van der Waals surface area contributed by atoms with Crippen molar-refractivity contribution in [2.45, 2.75) is 116 Å². The maximum absolute atomic E-state index is 12.5. The number of benzene rings is 2. The molecule has 0 fully saturated rings. The molecule has 0 unspecified atom stereocenters. The van der Waals surface area contributed by atoms with Crippen LogP contribution in [-0.4, -0.2) is 48.9 Å². The monoisotopic (exact) mass is 666 g/mol. The molecule has 2 aromatic rings. The molecule has 0 saturated carbocycles. The van der Waals surface area contributed by atoms with Crippen molar-refractivity contribution in [3.63, 3.8) is 0 Å². The fraction of sp³-hybridized carbons (Fsp3) is 0.600. The van der Waals surface area contributed by atoms with Gasteiger partial charge < -0.3 is 44.6 Å². The van der Waals surface area contributed by atoms with Gasteiger partial charge in [-0.3, -0.25) is 0 Å². The first kappa shape index (κ1) is 38.4. The number of hydrogen-bond donors (Lipinski definition) is 6. The maximum atomic E-state index is 12.5.